The lowest BCUT2D eigenvalue weighted by Gasteiger charge is -2.00. The van der Waals surface area contributed by atoms with Gasteiger partial charge in [0.2, 0.25) is 19.3 Å². The van der Waals surface area contributed by atoms with Crippen molar-refractivity contribution in [2.45, 2.75) is 11.3 Å². The number of carbonyl (C=O) groups is 2. The van der Waals surface area contributed by atoms with Gasteiger partial charge in [-0.2, -0.15) is 5.26 Å². The Balaban J connectivity index is 1.80. The molecule has 0 unspecified atom stereocenters. The van der Waals surface area contributed by atoms with E-state index in [1.54, 1.807) is 24.3 Å². The van der Waals surface area contributed by atoms with Gasteiger partial charge in [-0.05, 0) is 24.3 Å². The molecule has 0 saturated carbocycles. The number of carboxylic acid groups (broad SMARTS) is 1. The number of nitrogens with one attached hydrogen (secondary N) is 1. The third-order valence-electron chi connectivity index (χ3n) is 3.95. The number of carbonyl (C=O) groups excluding carboxylic acids is 1. The van der Waals surface area contributed by atoms with Crippen LogP contribution in [0.3, 0.4) is 0 Å². The van der Waals surface area contributed by atoms with Crippen molar-refractivity contribution in [3.05, 3.63) is 53.3 Å². The van der Waals surface area contributed by atoms with Crippen molar-refractivity contribution >= 4 is 44.3 Å². The lowest BCUT2D eigenvalue weighted by molar-refractivity contribution is -0.112. The third-order valence-corrected chi connectivity index (χ3v) is 6.96. The van der Waals surface area contributed by atoms with Gasteiger partial charge in [0.05, 0.1) is 11.3 Å². The molecule has 2 N–H and O–H groups in total. The summed E-state index contributed by atoms with van der Waals surface area (Å²) in [5, 5.41) is 27.8. The molecular formula is C19H14N4O6S2. The van der Waals surface area contributed by atoms with E-state index in [0.717, 1.165) is 0 Å². The highest BCUT2D eigenvalue weighted by molar-refractivity contribution is 7.93. The minimum Gasteiger partial charge on any atom is -0.478 e. The Kier molecular flexibility index (Phi) is 6.28. The molecule has 3 aromatic rings. The summed E-state index contributed by atoms with van der Waals surface area (Å²) in [5.41, 5.74) is 0.293. The molecule has 0 aliphatic heterocycles. The summed E-state index contributed by atoms with van der Waals surface area (Å²) in [4.78, 5) is 23.5. The van der Waals surface area contributed by atoms with Gasteiger partial charge >= 0.3 is 5.97 Å². The van der Waals surface area contributed by atoms with Gasteiger partial charge in [-0.3, -0.25) is 10.1 Å². The van der Waals surface area contributed by atoms with Crippen LogP contribution in [0, 0.1) is 11.3 Å². The van der Waals surface area contributed by atoms with Crippen LogP contribution in [-0.2, 0) is 14.6 Å². The zero-order chi connectivity index (χ0) is 22.6. The Morgan fingerprint density at radius 3 is 2.74 bits per heavy atom. The smallest absolute Gasteiger partial charge is 0.335 e. The van der Waals surface area contributed by atoms with Gasteiger partial charge < -0.3 is 9.52 Å². The van der Waals surface area contributed by atoms with Crippen molar-refractivity contribution in [1.29, 1.82) is 5.26 Å². The van der Waals surface area contributed by atoms with Gasteiger partial charge in [-0.15, -0.1) is 10.2 Å². The third kappa shape index (κ3) is 5.03. The van der Waals surface area contributed by atoms with Crippen molar-refractivity contribution in [3.8, 4) is 17.4 Å². The molecule has 2 heterocycles. The van der Waals surface area contributed by atoms with Gasteiger partial charge in [0.15, 0.2) is 0 Å². The largest absolute Gasteiger partial charge is 0.478 e. The van der Waals surface area contributed by atoms with E-state index >= 15 is 0 Å². The molecule has 0 aliphatic carbocycles. The number of aromatic carboxylic acids is 1. The van der Waals surface area contributed by atoms with Crippen molar-refractivity contribution < 1.29 is 27.5 Å². The lowest BCUT2D eigenvalue weighted by atomic mass is 10.1. The maximum atomic E-state index is 12.4. The first-order chi connectivity index (χ1) is 14.7. The number of hydrogen-bond acceptors (Lipinski definition) is 9. The zero-order valence-electron chi connectivity index (χ0n) is 15.9. The average molecular weight is 458 g/mol. The van der Waals surface area contributed by atoms with Gasteiger partial charge in [0.1, 0.15) is 23.2 Å². The highest BCUT2D eigenvalue weighted by Crippen LogP contribution is 2.25. The van der Waals surface area contributed by atoms with E-state index in [9.17, 15) is 23.3 Å². The highest BCUT2D eigenvalue weighted by atomic mass is 32.2. The standard InChI is InChI=1S/C19H14N4O6S2/c1-2-31(27,28)19-23-22-18(30-19)21-16(24)13(10-20)9-14-6-7-15(29-14)11-4-3-5-12(8-11)17(25)26/h3-9H,2H2,1H3,(H,25,26)(H,21,22,24)/b13-9-. The summed E-state index contributed by atoms with van der Waals surface area (Å²) < 4.78 is 29.0. The van der Waals surface area contributed by atoms with Crippen LogP contribution in [0.15, 0.2) is 50.7 Å². The Bertz CT molecular complexity index is 1330. The number of anilines is 1. The molecule has 0 atom stereocenters. The molecule has 1 aromatic carbocycles. The Morgan fingerprint density at radius 1 is 1.29 bits per heavy atom. The Hall–Kier alpha value is -3.82. The van der Waals surface area contributed by atoms with Crippen molar-refractivity contribution in [3.63, 3.8) is 0 Å². The Labute approximate surface area is 180 Å². The summed E-state index contributed by atoms with van der Waals surface area (Å²) in [5.74, 6) is -1.51. The first-order valence-electron chi connectivity index (χ1n) is 8.66. The molecule has 3 rings (SSSR count). The first-order valence-corrected chi connectivity index (χ1v) is 11.1. The van der Waals surface area contributed by atoms with Gasteiger partial charge in [-0.25, -0.2) is 13.2 Å². The topological polar surface area (TPSA) is 163 Å². The van der Waals surface area contributed by atoms with E-state index in [0.29, 0.717) is 22.7 Å². The summed E-state index contributed by atoms with van der Waals surface area (Å²) in [6, 6.07) is 10.9. The number of sulfone groups is 1. The van der Waals surface area contributed by atoms with E-state index in [4.69, 9.17) is 9.52 Å². The predicted molar refractivity (Wildman–Crippen MR) is 111 cm³/mol. The minimum absolute atomic E-state index is 0.0659. The second-order valence-electron chi connectivity index (χ2n) is 5.99. The van der Waals surface area contributed by atoms with Crippen LogP contribution in [0.25, 0.3) is 17.4 Å². The van der Waals surface area contributed by atoms with Crippen LogP contribution in [-0.4, -0.2) is 41.4 Å². The number of benzene rings is 1. The molecule has 0 aliphatic rings. The van der Waals surface area contributed by atoms with E-state index in [-0.39, 0.29) is 32.1 Å². The molecule has 10 nitrogen and oxygen atoms in total. The predicted octanol–water partition coefficient (Wildman–Crippen LogP) is 2.84. The molecule has 0 fully saturated rings. The van der Waals surface area contributed by atoms with Crippen molar-refractivity contribution in [2.24, 2.45) is 0 Å². The van der Waals surface area contributed by atoms with E-state index in [1.807, 2.05) is 0 Å². The van der Waals surface area contributed by atoms with Crippen LogP contribution in [0.5, 0.6) is 0 Å². The molecule has 158 valence electrons. The number of nitriles is 1. The van der Waals surface area contributed by atoms with Crippen molar-refractivity contribution in [2.75, 3.05) is 11.1 Å². The normalized spacial score (nSPS) is 11.7. The highest BCUT2D eigenvalue weighted by Gasteiger charge is 2.20. The number of amides is 1. The quantitative estimate of drug-likeness (QED) is 0.308. The fourth-order valence-corrected chi connectivity index (χ4v) is 4.34. The molecule has 12 heteroatoms. The molecule has 0 saturated heterocycles. The molecular weight excluding hydrogens is 444 g/mol. The molecule has 0 spiro atoms. The number of furan rings is 1. The summed E-state index contributed by atoms with van der Waals surface area (Å²) >= 11 is 0.682. The summed E-state index contributed by atoms with van der Waals surface area (Å²) in [6.07, 6.45) is 1.20. The molecule has 2 aromatic heterocycles. The first kappa shape index (κ1) is 21.9. The summed E-state index contributed by atoms with van der Waals surface area (Å²) in [7, 11) is -3.56. The lowest BCUT2D eigenvalue weighted by Crippen LogP contribution is -2.13. The number of hydrogen-bond donors (Lipinski definition) is 2. The number of carboxylic acids is 1. The van der Waals surface area contributed by atoms with E-state index < -0.39 is 21.7 Å². The maximum absolute atomic E-state index is 12.4. The number of rotatable bonds is 7. The average Bonchev–Trinajstić information content (AvgIpc) is 3.42. The molecule has 0 bridgehead atoms. The fraction of sp³-hybridized carbons (Fsp3) is 0.105. The second-order valence-corrected chi connectivity index (χ2v) is 9.42. The monoisotopic (exact) mass is 458 g/mol. The van der Waals surface area contributed by atoms with Crippen LogP contribution in [0.1, 0.15) is 23.0 Å². The maximum Gasteiger partial charge on any atom is 0.335 e. The van der Waals surface area contributed by atoms with Gasteiger partial charge in [-0.1, -0.05) is 30.4 Å². The fourth-order valence-electron chi connectivity index (χ4n) is 2.36. The molecule has 0 radical (unpaired) electrons. The Morgan fingerprint density at radius 2 is 2.06 bits per heavy atom. The van der Waals surface area contributed by atoms with Gasteiger partial charge in [0, 0.05) is 11.6 Å². The van der Waals surface area contributed by atoms with Gasteiger partial charge in [0.25, 0.3) is 5.91 Å². The molecule has 31 heavy (non-hydrogen) atoms. The zero-order valence-corrected chi connectivity index (χ0v) is 17.5. The van der Waals surface area contributed by atoms with Crippen LogP contribution < -0.4 is 5.32 Å². The van der Waals surface area contributed by atoms with Crippen LogP contribution >= 0.6 is 11.3 Å². The minimum atomic E-state index is -3.56. The van der Waals surface area contributed by atoms with E-state index in [2.05, 4.69) is 15.5 Å². The number of nitrogens with zero attached hydrogens (tertiary/aromatic N) is 3. The SMILES string of the molecule is CCS(=O)(=O)c1nnc(NC(=O)/C(C#N)=C\c2ccc(-c3cccc(C(=O)O)c3)o2)s1. The van der Waals surface area contributed by atoms with Crippen LogP contribution in [0.2, 0.25) is 0 Å². The van der Waals surface area contributed by atoms with Crippen LogP contribution in [0.4, 0.5) is 5.13 Å². The number of aromatic nitrogens is 2. The van der Waals surface area contributed by atoms with E-state index in [1.165, 1.54) is 31.2 Å². The summed E-state index contributed by atoms with van der Waals surface area (Å²) in [6.45, 7) is 1.46. The van der Waals surface area contributed by atoms with Crippen molar-refractivity contribution in [1.82, 2.24) is 10.2 Å². The molecule has 1 amide bonds. The second kappa shape index (κ2) is 8.90.